The molecule has 7 heteroatoms. The lowest BCUT2D eigenvalue weighted by Crippen LogP contribution is -2.40. The van der Waals surface area contributed by atoms with Crippen molar-refractivity contribution in [3.8, 4) is 0 Å². The number of rotatable bonds is 8. The molecule has 0 atom stereocenters. The lowest BCUT2D eigenvalue weighted by Gasteiger charge is -2.23. The standard InChI is InChI=1S/C22H29N3O3S/c1-18-7-3-4-8-21(18)25(29(2,27)28)17-22(26)23-15-19-9-11-20(12-10-19)16-24-13-5-6-14-24/h3-4,7-12H,5-6,13-17H2,1-2H3,(H,23,26). The Kier molecular flexibility index (Phi) is 6.92. The van der Waals surface area contributed by atoms with Gasteiger partial charge < -0.3 is 5.32 Å². The van der Waals surface area contributed by atoms with Crippen LogP contribution in [0, 0.1) is 6.92 Å². The van der Waals surface area contributed by atoms with E-state index in [4.69, 9.17) is 0 Å². The van der Waals surface area contributed by atoms with Crippen LogP contribution >= 0.6 is 0 Å². The summed E-state index contributed by atoms with van der Waals surface area (Å²) in [6.07, 6.45) is 3.67. The average Bonchev–Trinajstić information content (AvgIpc) is 3.18. The molecule has 0 unspecified atom stereocenters. The Bertz CT molecular complexity index is 936. The number of anilines is 1. The van der Waals surface area contributed by atoms with Gasteiger partial charge in [-0.25, -0.2) is 8.42 Å². The van der Waals surface area contributed by atoms with Gasteiger partial charge in [0.05, 0.1) is 11.9 Å². The summed E-state index contributed by atoms with van der Waals surface area (Å²) in [6.45, 7) is 5.25. The van der Waals surface area contributed by atoms with Gasteiger partial charge in [0.2, 0.25) is 15.9 Å². The van der Waals surface area contributed by atoms with Crippen molar-refractivity contribution in [1.29, 1.82) is 0 Å². The van der Waals surface area contributed by atoms with Crippen molar-refractivity contribution < 1.29 is 13.2 Å². The number of nitrogens with zero attached hydrogens (tertiary/aromatic N) is 2. The Morgan fingerprint density at radius 2 is 1.66 bits per heavy atom. The van der Waals surface area contributed by atoms with Crippen molar-refractivity contribution in [1.82, 2.24) is 10.2 Å². The van der Waals surface area contributed by atoms with Gasteiger partial charge in [-0.3, -0.25) is 14.0 Å². The molecule has 0 aromatic heterocycles. The van der Waals surface area contributed by atoms with Gasteiger partial charge in [-0.05, 0) is 55.6 Å². The SMILES string of the molecule is Cc1ccccc1N(CC(=O)NCc1ccc(CN2CCCC2)cc1)S(C)(=O)=O. The third kappa shape index (κ3) is 6.05. The van der Waals surface area contributed by atoms with Crippen LogP contribution in [0.15, 0.2) is 48.5 Å². The molecule has 6 nitrogen and oxygen atoms in total. The van der Waals surface area contributed by atoms with E-state index in [0.29, 0.717) is 12.2 Å². The Hall–Kier alpha value is -2.38. The van der Waals surface area contributed by atoms with Gasteiger partial charge in [-0.15, -0.1) is 0 Å². The number of sulfonamides is 1. The topological polar surface area (TPSA) is 69.7 Å². The molecule has 156 valence electrons. The summed E-state index contributed by atoms with van der Waals surface area (Å²) < 4.78 is 25.6. The molecule has 1 amide bonds. The second-order valence-corrected chi connectivity index (χ2v) is 9.54. The summed E-state index contributed by atoms with van der Waals surface area (Å²) in [5, 5.41) is 2.83. The van der Waals surface area contributed by atoms with Crippen molar-refractivity contribution in [2.24, 2.45) is 0 Å². The third-order valence-electron chi connectivity index (χ3n) is 5.19. The highest BCUT2D eigenvalue weighted by Gasteiger charge is 2.22. The maximum Gasteiger partial charge on any atom is 0.241 e. The number of carbonyl (C=O) groups is 1. The third-order valence-corrected chi connectivity index (χ3v) is 6.32. The molecule has 29 heavy (non-hydrogen) atoms. The number of aryl methyl sites for hydroxylation is 1. The first-order valence-electron chi connectivity index (χ1n) is 9.93. The Morgan fingerprint density at radius 3 is 2.28 bits per heavy atom. The van der Waals surface area contributed by atoms with Crippen LogP contribution in [0.5, 0.6) is 0 Å². The van der Waals surface area contributed by atoms with Gasteiger partial charge in [0, 0.05) is 13.1 Å². The maximum atomic E-state index is 12.4. The summed E-state index contributed by atoms with van der Waals surface area (Å²) in [7, 11) is -3.57. The monoisotopic (exact) mass is 415 g/mol. The van der Waals surface area contributed by atoms with Crippen LogP contribution in [-0.4, -0.2) is 45.1 Å². The molecular formula is C22H29N3O3S. The van der Waals surface area contributed by atoms with E-state index in [1.807, 2.05) is 31.2 Å². The molecule has 2 aromatic rings. The minimum absolute atomic E-state index is 0.239. The highest BCUT2D eigenvalue weighted by Crippen LogP contribution is 2.21. The summed E-state index contributed by atoms with van der Waals surface area (Å²) >= 11 is 0. The van der Waals surface area contributed by atoms with Gasteiger partial charge in [0.1, 0.15) is 6.54 Å². The molecule has 2 aromatic carbocycles. The van der Waals surface area contributed by atoms with Gasteiger partial charge >= 0.3 is 0 Å². The summed E-state index contributed by atoms with van der Waals surface area (Å²) in [5.41, 5.74) is 3.59. The van der Waals surface area contributed by atoms with Crippen molar-refractivity contribution in [2.45, 2.75) is 32.9 Å². The Balaban J connectivity index is 1.57. The number of para-hydroxylation sites is 1. The minimum atomic E-state index is -3.57. The predicted molar refractivity (Wildman–Crippen MR) is 116 cm³/mol. The van der Waals surface area contributed by atoms with E-state index >= 15 is 0 Å². The number of amides is 1. The molecule has 0 aliphatic carbocycles. The average molecular weight is 416 g/mol. The van der Waals surface area contributed by atoms with E-state index in [9.17, 15) is 13.2 Å². The zero-order valence-electron chi connectivity index (χ0n) is 17.1. The normalized spacial score (nSPS) is 14.7. The number of carbonyl (C=O) groups excluding carboxylic acids is 1. The fourth-order valence-corrected chi connectivity index (χ4v) is 4.49. The molecule has 1 N–H and O–H groups in total. The van der Waals surface area contributed by atoms with Gasteiger partial charge in [0.15, 0.2) is 0 Å². The number of hydrogen-bond donors (Lipinski definition) is 1. The van der Waals surface area contributed by atoms with Crippen LogP contribution in [0.3, 0.4) is 0 Å². The number of likely N-dealkylation sites (tertiary alicyclic amines) is 1. The van der Waals surface area contributed by atoms with Crippen molar-refractivity contribution >= 4 is 21.6 Å². The molecule has 1 saturated heterocycles. The molecule has 0 bridgehead atoms. The largest absolute Gasteiger partial charge is 0.350 e. The molecule has 0 saturated carbocycles. The van der Waals surface area contributed by atoms with E-state index in [1.165, 1.54) is 18.4 Å². The summed E-state index contributed by atoms with van der Waals surface area (Å²) in [5.74, 6) is -0.333. The highest BCUT2D eigenvalue weighted by molar-refractivity contribution is 7.92. The van der Waals surface area contributed by atoms with E-state index in [1.54, 1.807) is 12.1 Å². The maximum absolute atomic E-state index is 12.4. The van der Waals surface area contributed by atoms with Crippen LogP contribution in [0.1, 0.15) is 29.5 Å². The summed E-state index contributed by atoms with van der Waals surface area (Å²) in [4.78, 5) is 14.9. The Morgan fingerprint density at radius 1 is 1.03 bits per heavy atom. The highest BCUT2D eigenvalue weighted by atomic mass is 32.2. The van der Waals surface area contributed by atoms with Crippen LogP contribution < -0.4 is 9.62 Å². The number of benzene rings is 2. The lowest BCUT2D eigenvalue weighted by atomic mass is 10.1. The van der Waals surface area contributed by atoms with E-state index in [2.05, 4.69) is 22.3 Å². The number of nitrogens with one attached hydrogen (secondary N) is 1. The van der Waals surface area contributed by atoms with E-state index in [0.717, 1.165) is 41.3 Å². The van der Waals surface area contributed by atoms with E-state index in [-0.39, 0.29) is 12.5 Å². The fourth-order valence-electron chi connectivity index (χ4n) is 3.57. The molecule has 0 spiro atoms. The first-order valence-corrected chi connectivity index (χ1v) is 11.8. The van der Waals surface area contributed by atoms with Crippen molar-refractivity contribution in [3.05, 3.63) is 65.2 Å². The molecule has 1 aliphatic rings. The second kappa shape index (κ2) is 9.41. The first kappa shape index (κ1) is 21.3. The zero-order chi connectivity index (χ0) is 20.9. The van der Waals surface area contributed by atoms with Crippen molar-refractivity contribution in [3.63, 3.8) is 0 Å². The second-order valence-electron chi connectivity index (χ2n) is 7.63. The molecule has 0 radical (unpaired) electrons. The molecular weight excluding hydrogens is 386 g/mol. The Labute approximate surface area is 173 Å². The van der Waals surface area contributed by atoms with Crippen molar-refractivity contribution in [2.75, 3.05) is 30.2 Å². The molecule has 1 fully saturated rings. The smallest absolute Gasteiger partial charge is 0.241 e. The van der Waals surface area contributed by atoms with Crippen LogP contribution in [0.4, 0.5) is 5.69 Å². The van der Waals surface area contributed by atoms with Gasteiger partial charge in [0.25, 0.3) is 0 Å². The quantitative estimate of drug-likeness (QED) is 0.720. The minimum Gasteiger partial charge on any atom is -0.350 e. The predicted octanol–water partition coefficient (Wildman–Crippen LogP) is 2.67. The molecule has 1 aliphatic heterocycles. The van der Waals surface area contributed by atoms with Crippen LogP contribution in [0.25, 0.3) is 0 Å². The van der Waals surface area contributed by atoms with Crippen LogP contribution in [-0.2, 0) is 27.9 Å². The molecule has 3 rings (SSSR count). The zero-order valence-corrected chi connectivity index (χ0v) is 17.9. The van der Waals surface area contributed by atoms with Gasteiger partial charge in [-0.1, -0.05) is 42.5 Å². The fraction of sp³-hybridized carbons (Fsp3) is 0.409. The van der Waals surface area contributed by atoms with Crippen LogP contribution in [0.2, 0.25) is 0 Å². The number of hydrogen-bond acceptors (Lipinski definition) is 4. The van der Waals surface area contributed by atoms with Gasteiger partial charge in [-0.2, -0.15) is 0 Å². The molecule has 1 heterocycles. The lowest BCUT2D eigenvalue weighted by molar-refractivity contribution is -0.119. The first-order chi connectivity index (χ1) is 13.8. The van der Waals surface area contributed by atoms with E-state index < -0.39 is 10.0 Å². The summed E-state index contributed by atoms with van der Waals surface area (Å²) in [6, 6.07) is 15.4.